The molecule has 1 aromatic carbocycles. The van der Waals surface area contributed by atoms with Gasteiger partial charge in [-0.15, -0.1) is 0 Å². The maximum absolute atomic E-state index is 11.3. The molecule has 1 aromatic rings. The van der Waals surface area contributed by atoms with E-state index in [2.05, 4.69) is 15.9 Å². The molecule has 0 saturated heterocycles. The van der Waals surface area contributed by atoms with Crippen molar-refractivity contribution in [3.8, 4) is 5.75 Å². The van der Waals surface area contributed by atoms with Crippen molar-refractivity contribution in [2.45, 2.75) is 6.92 Å². The van der Waals surface area contributed by atoms with Gasteiger partial charge in [0.1, 0.15) is 10.2 Å². The normalized spacial score (nSPS) is 11.1. The molecule has 0 aromatic heterocycles. The Morgan fingerprint density at radius 3 is 2.50 bits per heavy atom. The Morgan fingerprint density at radius 2 is 2.00 bits per heavy atom. The molecule has 0 spiro atoms. The number of methoxy groups -OCH3 is 1. The minimum absolute atomic E-state index is 0.363. The van der Waals surface area contributed by atoms with Crippen molar-refractivity contribution in [2.24, 2.45) is 0 Å². The number of carbonyl (C=O) groups excluding carboxylic acids is 1. The Bertz CT molecular complexity index is 382. The summed E-state index contributed by atoms with van der Waals surface area (Å²) in [5.41, 5.74) is 0.903. The molecule has 0 unspecified atom stereocenters. The molecular weight excluding hydrogens is 272 g/mol. The van der Waals surface area contributed by atoms with E-state index in [-0.39, 0.29) is 5.97 Å². The van der Waals surface area contributed by atoms with Crippen molar-refractivity contribution in [3.05, 3.63) is 34.3 Å². The van der Waals surface area contributed by atoms with Gasteiger partial charge in [0.25, 0.3) is 0 Å². The van der Waals surface area contributed by atoms with Crippen LogP contribution in [-0.2, 0) is 9.53 Å². The van der Waals surface area contributed by atoms with Crippen LogP contribution in [0.2, 0.25) is 0 Å². The molecule has 0 saturated carbocycles. The lowest BCUT2D eigenvalue weighted by Gasteiger charge is -2.01. The fraction of sp³-hybridized carbons (Fsp3) is 0.250. The van der Waals surface area contributed by atoms with E-state index in [1.165, 1.54) is 0 Å². The third-order valence-corrected chi connectivity index (χ3v) is 2.43. The summed E-state index contributed by atoms with van der Waals surface area (Å²) in [5.74, 6) is 0.419. The van der Waals surface area contributed by atoms with Crippen LogP contribution in [0.4, 0.5) is 0 Å². The quantitative estimate of drug-likeness (QED) is 0.630. The number of rotatable bonds is 4. The lowest BCUT2D eigenvalue weighted by Crippen LogP contribution is -2.02. The highest BCUT2D eigenvalue weighted by atomic mass is 79.9. The topological polar surface area (TPSA) is 35.5 Å². The Hall–Kier alpha value is -1.29. The molecular formula is C12H13BrO3. The van der Waals surface area contributed by atoms with Gasteiger partial charge in [-0.05, 0) is 46.6 Å². The predicted octanol–water partition coefficient (Wildman–Crippen LogP) is 2.99. The maximum atomic E-state index is 11.3. The summed E-state index contributed by atoms with van der Waals surface area (Å²) in [4.78, 5) is 11.3. The Morgan fingerprint density at radius 1 is 1.38 bits per heavy atom. The summed E-state index contributed by atoms with van der Waals surface area (Å²) in [5, 5.41) is 0. The van der Waals surface area contributed by atoms with E-state index in [4.69, 9.17) is 9.47 Å². The van der Waals surface area contributed by atoms with Crippen LogP contribution in [0.25, 0.3) is 6.08 Å². The first kappa shape index (κ1) is 12.8. The molecule has 0 amide bonds. The molecule has 0 aliphatic carbocycles. The zero-order valence-electron chi connectivity index (χ0n) is 9.20. The molecule has 0 heterocycles. The smallest absolute Gasteiger partial charge is 0.345 e. The summed E-state index contributed by atoms with van der Waals surface area (Å²) in [7, 11) is 1.61. The van der Waals surface area contributed by atoms with Crippen molar-refractivity contribution in [1.29, 1.82) is 0 Å². The Kier molecular flexibility index (Phi) is 5.05. The molecule has 0 aliphatic rings. The molecule has 0 aliphatic heterocycles. The third kappa shape index (κ3) is 3.70. The first-order chi connectivity index (χ1) is 7.67. The van der Waals surface area contributed by atoms with E-state index >= 15 is 0 Å². The molecule has 3 nitrogen and oxygen atoms in total. The van der Waals surface area contributed by atoms with Gasteiger partial charge in [-0.3, -0.25) is 0 Å². The van der Waals surface area contributed by atoms with E-state index < -0.39 is 0 Å². The average molecular weight is 285 g/mol. The van der Waals surface area contributed by atoms with Crippen LogP contribution in [0, 0.1) is 0 Å². The van der Waals surface area contributed by atoms with E-state index in [9.17, 15) is 4.79 Å². The molecule has 0 fully saturated rings. The van der Waals surface area contributed by atoms with E-state index in [0.717, 1.165) is 11.3 Å². The summed E-state index contributed by atoms with van der Waals surface area (Å²) in [6.07, 6.45) is 1.71. The molecule has 0 radical (unpaired) electrons. The van der Waals surface area contributed by atoms with Gasteiger partial charge in [-0.2, -0.15) is 0 Å². The second kappa shape index (κ2) is 6.33. The summed E-state index contributed by atoms with van der Waals surface area (Å²) in [6, 6.07) is 7.38. The summed E-state index contributed by atoms with van der Waals surface area (Å²) in [6.45, 7) is 2.13. The van der Waals surface area contributed by atoms with Crippen LogP contribution in [0.5, 0.6) is 5.75 Å². The second-order valence-electron chi connectivity index (χ2n) is 2.99. The van der Waals surface area contributed by atoms with Gasteiger partial charge < -0.3 is 9.47 Å². The van der Waals surface area contributed by atoms with Gasteiger partial charge >= 0.3 is 5.97 Å². The molecule has 0 atom stereocenters. The summed E-state index contributed by atoms with van der Waals surface area (Å²) < 4.78 is 10.3. The van der Waals surface area contributed by atoms with Crippen molar-refractivity contribution in [3.63, 3.8) is 0 Å². The SMILES string of the molecule is CCOC(=O)/C(Br)=C\c1ccc(OC)cc1. The zero-order valence-corrected chi connectivity index (χ0v) is 10.8. The number of benzene rings is 1. The lowest BCUT2D eigenvalue weighted by molar-refractivity contribution is -0.137. The van der Waals surface area contributed by atoms with Crippen LogP contribution in [0.3, 0.4) is 0 Å². The van der Waals surface area contributed by atoms with Crippen LogP contribution in [-0.4, -0.2) is 19.7 Å². The van der Waals surface area contributed by atoms with Gasteiger partial charge in [0.05, 0.1) is 13.7 Å². The predicted molar refractivity (Wildman–Crippen MR) is 66.5 cm³/mol. The number of halogens is 1. The molecule has 4 heteroatoms. The average Bonchev–Trinajstić information content (AvgIpc) is 2.30. The third-order valence-electron chi connectivity index (χ3n) is 1.88. The highest BCUT2D eigenvalue weighted by Gasteiger charge is 2.06. The van der Waals surface area contributed by atoms with Crippen molar-refractivity contribution in [2.75, 3.05) is 13.7 Å². The minimum atomic E-state index is -0.363. The Balaban J connectivity index is 2.77. The summed E-state index contributed by atoms with van der Waals surface area (Å²) >= 11 is 3.17. The van der Waals surface area contributed by atoms with Crippen LogP contribution in [0.15, 0.2) is 28.7 Å². The van der Waals surface area contributed by atoms with Gasteiger partial charge in [0.2, 0.25) is 0 Å². The first-order valence-electron chi connectivity index (χ1n) is 4.85. The molecule has 1 rings (SSSR count). The van der Waals surface area contributed by atoms with Gasteiger partial charge in [0.15, 0.2) is 0 Å². The molecule has 0 bridgehead atoms. The maximum Gasteiger partial charge on any atom is 0.345 e. The first-order valence-corrected chi connectivity index (χ1v) is 5.65. The van der Waals surface area contributed by atoms with Gasteiger partial charge in [-0.25, -0.2) is 4.79 Å². The molecule has 86 valence electrons. The number of hydrogen-bond donors (Lipinski definition) is 0. The van der Waals surface area contributed by atoms with E-state index in [1.807, 2.05) is 24.3 Å². The van der Waals surface area contributed by atoms with E-state index in [1.54, 1.807) is 20.1 Å². The lowest BCUT2D eigenvalue weighted by atomic mass is 10.2. The van der Waals surface area contributed by atoms with E-state index in [0.29, 0.717) is 11.1 Å². The monoisotopic (exact) mass is 284 g/mol. The second-order valence-corrected chi connectivity index (χ2v) is 3.84. The highest BCUT2D eigenvalue weighted by molar-refractivity contribution is 9.12. The van der Waals surface area contributed by atoms with Gasteiger partial charge in [-0.1, -0.05) is 12.1 Å². The number of carbonyl (C=O) groups is 1. The van der Waals surface area contributed by atoms with Crippen LogP contribution in [0.1, 0.15) is 12.5 Å². The highest BCUT2D eigenvalue weighted by Crippen LogP contribution is 2.17. The van der Waals surface area contributed by atoms with Gasteiger partial charge in [0, 0.05) is 0 Å². The standard InChI is InChI=1S/C12H13BrO3/c1-3-16-12(14)11(13)8-9-4-6-10(15-2)7-5-9/h4-8H,3H2,1-2H3/b11-8+. The zero-order chi connectivity index (χ0) is 12.0. The van der Waals surface area contributed by atoms with Crippen LogP contribution >= 0.6 is 15.9 Å². The largest absolute Gasteiger partial charge is 0.497 e. The molecule has 16 heavy (non-hydrogen) atoms. The number of hydrogen-bond acceptors (Lipinski definition) is 3. The fourth-order valence-corrected chi connectivity index (χ4v) is 1.48. The molecule has 0 N–H and O–H groups in total. The number of ether oxygens (including phenoxy) is 2. The van der Waals surface area contributed by atoms with Crippen LogP contribution < -0.4 is 4.74 Å². The van der Waals surface area contributed by atoms with Crippen molar-refractivity contribution in [1.82, 2.24) is 0 Å². The van der Waals surface area contributed by atoms with Crippen molar-refractivity contribution >= 4 is 28.0 Å². The number of esters is 1. The van der Waals surface area contributed by atoms with Crippen molar-refractivity contribution < 1.29 is 14.3 Å². The minimum Gasteiger partial charge on any atom is -0.497 e. The fourth-order valence-electron chi connectivity index (χ4n) is 1.11. The Labute approximate surface area is 103 Å².